The molecule has 1 saturated heterocycles. The molecule has 0 spiro atoms. The Bertz CT molecular complexity index is 418. The third kappa shape index (κ3) is 2.90. The first-order valence-electron chi connectivity index (χ1n) is 5.89. The van der Waals surface area contributed by atoms with Gasteiger partial charge in [0.25, 0.3) is 0 Å². The minimum absolute atomic E-state index is 0.00854. The van der Waals surface area contributed by atoms with E-state index in [1.807, 2.05) is 19.1 Å². The minimum atomic E-state index is 0.00854. The van der Waals surface area contributed by atoms with Crippen LogP contribution in [0.3, 0.4) is 0 Å². The average molecular weight is 234 g/mol. The Hall–Kier alpha value is -1.71. The Kier molecular flexibility index (Phi) is 3.52. The lowest BCUT2D eigenvalue weighted by Gasteiger charge is -2.15. The molecule has 1 aliphatic heterocycles. The van der Waals surface area contributed by atoms with Gasteiger partial charge in [0.1, 0.15) is 12.4 Å². The second-order valence-corrected chi connectivity index (χ2v) is 4.34. The average Bonchev–Trinajstić information content (AvgIpc) is 2.68. The first kappa shape index (κ1) is 11.8. The summed E-state index contributed by atoms with van der Waals surface area (Å²) >= 11 is 0. The lowest BCUT2D eigenvalue weighted by molar-refractivity contribution is 0.202. The Morgan fingerprint density at radius 1 is 1.41 bits per heavy atom. The van der Waals surface area contributed by atoms with Crippen molar-refractivity contribution in [1.29, 1.82) is 0 Å². The molecular formula is C13H18N2O2. The van der Waals surface area contributed by atoms with Crippen LogP contribution in [-0.2, 0) is 0 Å². The van der Waals surface area contributed by atoms with Crippen LogP contribution >= 0.6 is 0 Å². The summed E-state index contributed by atoms with van der Waals surface area (Å²) in [6, 6.07) is 6.12. The molecule has 17 heavy (non-hydrogen) atoms. The molecule has 0 radical (unpaired) electrons. The highest BCUT2D eigenvalue weighted by molar-refractivity contribution is 5.76. The van der Waals surface area contributed by atoms with Crippen molar-refractivity contribution in [3.63, 3.8) is 0 Å². The smallest absolute Gasteiger partial charge is 0.317 e. The van der Waals surface area contributed by atoms with Crippen LogP contribution in [0.1, 0.15) is 11.1 Å². The molecule has 0 unspecified atom stereocenters. The van der Waals surface area contributed by atoms with E-state index in [9.17, 15) is 4.79 Å². The monoisotopic (exact) mass is 234 g/mol. The predicted molar refractivity (Wildman–Crippen MR) is 66.4 cm³/mol. The lowest BCUT2D eigenvalue weighted by atomic mass is 10.1. The topological polar surface area (TPSA) is 41.6 Å². The number of amides is 2. The zero-order valence-corrected chi connectivity index (χ0v) is 10.3. The van der Waals surface area contributed by atoms with E-state index in [-0.39, 0.29) is 6.03 Å². The number of hydrogen-bond donors (Lipinski definition) is 1. The molecule has 1 N–H and O–H groups in total. The third-order valence-electron chi connectivity index (χ3n) is 2.89. The maximum atomic E-state index is 11.3. The van der Waals surface area contributed by atoms with E-state index >= 15 is 0 Å². The van der Waals surface area contributed by atoms with Gasteiger partial charge >= 0.3 is 6.03 Å². The summed E-state index contributed by atoms with van der Waals surface area (Å²) in [4.78, 5) is 13.1. The molecule has 1 aromatic rings. The fourth-order valence-corrected chi connectivity index (χ4v) is 1.95. The van der Waals surface area contributed by atoms with Crippen molar-refractivity contribution in [2.24, 2.45) is 0 Å². The number of nitrogens with zero attached hydrogens (tertiary/aromatic N) is 1. The van der Waals surface area contributed by atoms with E-state index in [1.54, 1.807) is 4.90 Å². The highest BCUT2D eigenvalue weighted by Crippen LogP contribution is 2.18. The molecule has 0 bridgehead atoms. The van der Waals surface area contributed by atoms with Gasteiger partial charge in [-0.2, -0.15) is 0 Å². The summed E-state index contributed by atoms with van der Waals surface area (Å²) in [5.41, 5.74) is 2.37. The Morgan fingerprint density at radius 3 is 2.88 bits per heavy atom. The fourth-order valence-electron chi connectivity index (χ4n) is 1.95. The second kappa shape index (κ2) is 5.08. The normalized spacial score (nSPS) is 14.9. The van der Waals surface area contributed by atoms with Gasteiger partial charge in [-0.1, -0.05) is 17.7 Å². The molecule has 2 rings (SSSR count). The second-order valence-electron chi connectivity index (χ2n) is 4.34. The van der Waals surface area contributed by atoms with Crippen LogP contribution < -0.4 is 10.1 Å². The van der Waals surface area contributed by atoms with E-state index in [0.717, 1.165) is 24.4 Å². The van der Waals surface area contributed by atoms with Gasteiger partial charge in [0.05, 0.1) is 6.54 Å². The molecule has 2 amide bonds. The zero-order chi connectivity index (χ0) is 12.3. The molecular weight excluding hydrogens is 216 g/mol. The molecule has 92 valence electrons. The number of benzene rings is 1. The van der Waals surface area contributed by atoms with Crippen LogP contribution in [0.25, 0.3) is 0 Å². The largest absolute Gasteiger partial charge is 0.491 e. The van der Waals surface area contributed by atoms with Crippen molar-refractivity contribution in [1.82, 2.24) is 10.2 Å². The molecule has 0 saturated carbocycles. The summed E-state index contributed by atoms with van der Waals surface area (Å²) in [7, 11) is 0. The molecule has 4 nitrogen and oxygen atoms in total. The van der Waals surface area contributed by atoms with Crippen LogP contribution in [0.15, 0.2) is 18.2 Å². The fraction of sp³-hybridized carbons (Fsp3) is 0.462. The number of rotatable bonds is 4. The molecule has 4 heteroatoms. The number of aryl methyl sites for hydroxylation is 2. The lowest BCUT2D eigenvalue weighted by Crippen LogP contribution is -2.31. The van der Waals surface area contributed by atoms with Crippen molar-refractivity contribution in [2.75, 3.05) is 26.2 Å². The Morgan fingerprint density at radius 2 is 2.24 bits per heavy atom. The third-order valence-corrected chi connectivity index (χ3v) is 2.89. The Labute approximate surface area is 102 Å². The van der Waals surface area contributed by atoms with E-state index < -0.39 is 0 Å². The number of carbonyl (C=O) groups is 1. The highest BCUT2D eigenvalue weighted by atomic mass is 16.5. The van der Waals surface area contributed by atoms with Crippen molar-refractivity contribution >= 4 is 6.03 Å². The minimum Gasteiger partial charge on any atom is -0.491 e. The van der Waals surface area contributed by atoms with E-state index in [4.69, 9.17) is 4.74 Å². The number of ether oxygens (including phenoxy) is 1. The van der Waals surface area contributed by atoms with E-state index in [2.05, 4.69) is 18.3 Å². The van der Waals surface area contributed by atoms with Gasteiger partial charge in [-0.25, -0.2) is 4.79 Å². The van der Waals surface area contributed by atoms with E-state index in [0.29, 0.717) is 13.2 Å². The van der Waals surface area contributed by atoms with Gasteiger partial charge in [-0.15, -0.1) is 0 Å². The van der Waals surface area contributed by atoms with Crippen LogP contribution in [0, 0.1) is 13.8 Å². The summed E-state index contributed by atoms with van der Waals surface area (Å²) in [5, 5.41) is 2.77. The van der Waals surface area contributed by atoms with Gasteiger partial charge < -0.3 is 15.0 Å². The number of nitrogens with one attached hydrogen (secondary N) is 1. The van der Waals surface area contributed by atoms with Crippen LogP contribution in [-0.4, -0.2) is 37.2 Å². The quantitative estimate of drug-likeness (QED) is 0.861. The number of carbonyl (C=O) groups excluding carboxylic acids is 1. The van der Waals surface area contributed by atoms with Crippen molar-refractivity contribution in [3.8, 4) is 5.75 Å². The first-order chi connectivity index (χ1) is 8.16. The Balaban J connectivity index is 1.83. The maximum absolute atomic E-state index is 11.3. The number of urea groups is 1. The summed E-state index contributed by atoms with van der Waals surface area (Å²) < 4.78 is 5.68. The van der Waals surface area contributed by atoms with Gasteiger partial charge in [0.2, 0.25) is 0 Å². The molecule has 1 fully saturated rings. The molecule has 1 aromatic carbocycles. The predicted octanol–water partition coefficient (Wildman–Crippen LogP) is 1.71. The molecule has 1 aliphatic rings. The van der Waals surface area contributed by atoms with Crippen molar-refractivity contribution in [2.45, 2.75) is 13.8 Å². The van der Waals surface area contributed by atoms with Gasteiger partial charge in [-0.05, 0) is 25.5 Å². The summed E-state index contributed by atoms with van der Waals surface area (Å²) in [5.74, 6) is 0.898. The SMILES string of the molecule is Cc1ccc(OCCN2CCNC2=O)c(C)c1. The van der Waals surface area contributed by atoms with Gasteiger partial charge in [0.15, 0.2) is 0 Å². The highest BCUT2D eigenvalue weighted by Gasteiger charge is 2.18. The van der Waals surface area contributed by atoms with Gasteiger partial charge in [-0.3, -0.25) is 0 Å². The van der Waals surface area contributed by atoms with Crippen molar-refractivity contribution in [3.05, 3.63) is 29.3 Å². The molecule has 0 aromatic heterocycles. The van der Waals surface area contributed by atoms with E-state index in [1.165, 1.54) is 5.56 Å². The summed E-state index contributed by atoms with van der Waals surface area (Å²) in [6.45, 7) is 6.78. The zero-order valence-electron chi connectivity index (χ0n) is 10.3. The summed E-state index contributed by atoms with van der Waals surface area (Å²) in [6.07, 6.45) is 0. The first-order valence-corrected chi connectivity index (χ1v) is 5.89. The standard InChI is InChI=1S/C13H18N2O2/c1-10-3-4-12(11(2)9-10)17-8-7-15-6-5-14-13(15)16/h3-4,9H,5-8H2,1-2H3,(H,14,16). The van der Waals surface area contributed by atoms with Crippen LogP contribution in [0.2, 0.25) is 0 Å². The van der Waals surface area contributed by atoms with Gasteiger partial charge in [0, 0.05) is 13.1 Å². The molecule has 1 heterocycles. The molecule has 0 aliphatic carbocycles. The van der Waals surface area contributed by atoms with Crippen LogP contribution in [0.4, 0.5) is 4.79 Å². The molecule has 0 atom stereocenters. The maximum Gasteiger partial charge on any atom is 0.317 e. The van der Waals surface area contributed by atoms with Crippen LogP contribution in [0.5, 0.6) is 5.75 Å². The number of hydrogen-bond acceptors (Lipinski definition) is 2. The van der Waals surface area contributed by atoms with Crippen molar-refractivity contribution < 1.29 is 9.53 Å².